The predicted octanol–water partition coefficient (Wildman–Crippen LogP) is 0.00520. The Kier molecular flexibility index (Phi) is 2.80. The summed E-state index contributed by atoms with van der Waals surface area (Å²) in [6.45, 7) is 0.0396. The molecule has 3 nitrogen and oxygen atoms in total. The van der Waals surface area contributed by atoms with Crippen molar-refractivity contribution in [3.63, 3.8) is 0 Å². The van der Waals surface area contributed by atoms with Crippen LogP contribution in [-0.4, -0.2) is 22.1 Å². The van der Waals surface area contributed by atoms with E-state index in [4.69, 9.17) is 10.8 Å². The Morgan fingerprint density at radius 1 is 1.80 bits per heavy atom. The van der Waals surface area contributed by atoms with Crippen LogP contribution in [0, 0.1) is 0 Å². The van der Waals surface area contributed by atoms with Gasteiger partial charge in [-0.25, -0.2) is 4.37 Å². The van der Waals surface area contributed by atoms with E-state index in [1.807, 2.05) is 6.07 Å². The van der Waals surface area contributed by atoms with Gasteiger partial charge in [-0.3, -0.25) is 0 Å². The van der Waals surface area contributed by atoms with Gasteiger partial charge in [-0.2, -0.15) is 0 Å². The first-order valence-electron chi connectivity index (χ1n) is 3.09. The first-order valence-corrected chi connectivity index (χ1v) is 3.86. The molecule has 0 saturated carbocycles. The van der Waals surface area contributed by atoms with Crippen LogP contribution in [0.15, 0.2) is 12.3 Å². The third kappa shape index (κ3) is 2.06. The molecule has 1 rings (SSSR count). The van der Waals surface area contributed by atoms with E-state index in [1.54, 1.807) is 6.20 Å². The van der Waals surface area contributed by atoms with Gasteiger partial charge in [0.1, 0.15) is 0 Å². The quantitative estimate of drug-likeness (QED) is 0.651. The van der Waals surface area contributed by atoms with Gasteiger partial charge < -0.3 is 10.8 Å². The van der Waals surface area contributed by atoms with Crippen molar-refractivity contribution in [1.82, 2.24) is 4.37 Å². The highest BCUT2D eigenvalue weighted by Gasteiger charge is 2.02. The Morgan fingerprint density at radius 2 is 2.60 bits per heavy atom. The van der Waals surface area contributed by atoms with Crippen LogP contribution in [0.25, 0.3) is 0 Å². The molecule has 1 heterocycles. The molecule has 0 amide bonds. The first kappa shape index (κ1) is 7.65. The molecular formula is C6H10N2OS. The smallest absolute Gasteiger partial charge is 0.0586 e. The Balaban J connectivity index is 2.40. The largest absolute Gasteiger partial charge is 0.395 e. The minimum Gasteiger partial charge on any atom is -0.395 e. The van der Waals surface area contributed by atoms with Crippen LogP contribution in [0.2, 0.25) is 0 Å². The van der Waals surface area contributed by atoms with E-state index in [0.717, 1.165) is 11.3 Å². The molecule has 1 aromatic heterocycles. The highest BCUT2D eigenvalue weighted by Crippen LogP contribution is 2.06. The Labute approximate surface area is 63.7 Å². The standard InChI is InChI=1S/C6H10N2OS/c7-5(4-9)3-6-1-2-8-10-6/h1-2,5,9H,3-4,7H2. The van der Waals surface area contributed by atoms with Crippen LogP contribution >= 0.6 is 11.5 Å². The van der Waals surface area contributed by atoms with Gasteiger partial charge in [0, 0.05) is 23.5 Å². The highest BCUT2D eigenvalue weighted by atomic mass is 32.1. The molecule has 1 unspecified atom stereocenters. The second-order valence-electron chi connectivity index (χ2n) is 2.13. The van der Waals surface area contributed by atoms with Crippen LogP contribution in [0.1, 0.15) is 4.88 Å². The number of hydrogen-bond donors (Lipinski definition) is 2. The summed E-state index contributed by atoms with van der Waals surface area (Å²) in [6, 6.07) is 1.78. The summed E-state index contributed by atoms with van der Waals surface area (Å²) in [5.74, 6) is 0. The maximum atomic E-state index is 8.59. The molecule has 0 aliphatic carbocycles. The number of nitrogens with zero attached hydrogens (tertiary/aromatic N) is 1. The molecule has 0 aliphatic rings. The molecule has 4 heteroatoms. The Bertz CT molecular complexity index is 176. The molecule has 0 fully saturated rings. The molecule has 1 atom stereocenters. The van der Waals surface area contributed by atoms with Gasteiger partial charge in [0.05, 0.1) is 6.61 Å². The summed E-state index contributed by atoms with van der Waals surface area (Å²) in [6.07, 6.45) is 2.46. The fraction of sp³-hybridized carbons (Fsp3) is 0.500. The molecule has 0 aliphatic heterocycles. The predicted molar refractivity (Wildman–Crippen MR) is 40.9 cm³/mol. The van der Waals surface area contributed by atoms with Gasteiger partial charge in [0.15, 0.2) is 0 Å². The third-order valence-electron chi connectivity index (χ3n) is 1.19. The lowest BCUT2D eigenvalue weighted by molar-refractivity contribution is 0.265. The topological polar surface area (TPSA) is 59.1 Å². The van der Waals surface area contributed by atoms with Crippen molar-refractivity contribution < 1.29 is 5.11 Å². The fourth-order valence-electron chi connectivity index (χ4n) is 0.670. The van der Waals surface area contributed by atoms with Crippen LogP contribution in [-0.2, 0) is 6.42 Å². The minimum atomic E-state index is -0.138. The maximum absolute atomic E-state index is 8.59. The zero-order valence-corrected chi connectivity index (χ0v) is 6.34. The van der Waals surface area contributed by atoms with Crippen molar-refractivity contribution in [2.45, 2.75) is 12.5 Å². The molecular weight excluding hydrogens is 148 g/mol. The average Bonchev–Trinajstić information content (AvgIpc) is 2.40. The van der Waals surface area contributed by atoms with Crippen molar-refractivity contribution in [3.8, 4) is 0 Å². The van der Waals surface area contributed by atoms with Crippen LogP contribution in [0.5, 0.6) is 0 Å². The second kappa shape index (κ2) is 3.65. The number of hydrogen-bond acceptors (Lipinski definition) is 4. The summed E-state index contributed by atoms with van der Waals surface area (Å²) >= 11 is 1.43. The summed E-state index contributed by atoms with van der Waals surface area (Å²) in [5, 5.41) is 8.59. The zero-order valence-electron chi connectivity index (χ0n) is 5.53. The first-order chi connectivity index (χ1) is 4.83. The fourth-order valence-corrected chi connectivity index (χ4v) is 1.34. The number of rotatable bonds is 3. The van der Waals surface area contributed by atoms with Crippen molar-refractivity contribution in [2.75, 3.05) is 6.61 Å². The van der Waals surface area contributed by atoms with E-state index in [9.17, 15) is 0 Å². The van der Waals surface area contributed by atoms with Gasteiger partial charge in [-0.1, -0.05) is 0 Å². The highest BCUT2D eigenvalue weighted by molar-refractivity contribution is 7.05. The van der Waals surface area contributed by atoms with Gasteiger partial charge in [0.25, 0.3) is 0 Å². The molecule has 1 aromatic rings. The maximum Gasteiger partial charge on any atom is 0.0586 e. The Morgan fingerprint density at radius 3 is 3.10 bits per heavy atom. The van der Waals surface area contributed by atoms with Gasteiger partial charge in [0.2, 0.25) is 0 Å². The molecule has 0 bridgehead atoms. The van der Waals surface area contributed by atoms with Crippen molar-refractivity contribution >= 4 is 11.5 Å². The lowest BCUT2D eigenvalue weighted by Crippen LogP contribution is -2.26. The lowest BCUT2D eigenvalue weighted by atomic mass is 10.2. The lowest BCUT2D eigenvalue weighted by Gasteiger charge is -2.03. The monoisotopic (exact) mass is 158 g/mol. The molecule has 56 valence electrons. The summed E-state index contributed by atoms with van der Waals surface area (Å²) < 4.78 is 3.91. The van der Waals surface area contributed by atoms with E-state index in [-0.39, 0.29) is 12.6 Å². The minimum absolute atomic E-state index is 0.0396. The summed E-state index contributed by atoms with van der Waals surface area (Å²) in [5.41, 5.74) is 5.49. The zero-order chi connectivity index (χ0) is 7.40. The summed E-state index contributed by atoms with van der Waals surface area (Å²) in [7, 11) is 0. The Hall–Kier alpha value is -0.450. The SMILES string of the molecule is NC(CO)Cc1ccns1. The van der Waals surface area contributed by atoms with Gasteiger partial charge >= 0.3 is 0 Å². The summed E-state index contributed by atoms with van der Waals surface area (Å²) in [4.78, 5) is 1.13. The van der Waals surface area contributed by atoms with Crippen molar-refractivity contribution in [3.05, 3.63) is 17.1 Å². The molecule has 0 radical (unpaired) electrons. The number of aliphatic hydroxyl groups is 1. The van der Waals surface area contributed by atoms with E-state index in [1.165, 1.54) is 11.5 Å². The van der Waals surface area contributed by atoms with E-state index >= 15 is 0 Å². The number of aliphatic hydroxyl groups excluding tert-OH is 1. The molecule has 10 heavy (non-hydrogen) atoms. The molecule has 0 aromatic carbocycles. The number of nitrogens with two attached hydrogens (primary N) is 1. The normalized spacial score (nSPS) is 13.4. The number of aromatic nitrogens is 1. The van der Waals surface area contributed by atoms with Gasteiger partial charge in [-0.05, 0) is 17.6 Å². The van der Waals surface area contributed by atoms with Crippen LogP contribution in [0.3, 0.4) is 0 Å². The van der Waals surface area contributed by atoms with E-state index in [2.05, 4.69) is 4.37 Å². The second-order valence-corrected chi connectivity index (χ2v) is 3.04. The van der Waals surface area contributed by atoms with Gasteiger partial charge in [-0.15, -0.1) is 0 Å². The average molecular weight is 158 g/mol. The van der Waals surface area contributed by atoms with E-state index in [0.29, 0.717) is 0 Å². The van der Waals surface area contributed by atoms with Crippen molar-refractivity contribution in [2.24, 2.45) is 5.73 Å². The van der Waals surface area contributed by atoms with E-state index < -0.39 is 0 Å². The molecule has 3 N–H and O–H groups in total. The molecule has 0 saturated heterocycles. The van der Waals surface area contributed by atoms with Crippen LogP contribution in [0.4, 0.5) is 0 Å². The third-order valence-corrected chi connectivity index (χ3v) is 1.95. The molecule has 0 spiro atoms. The van der Waals surface area contributed by atoms with Crippen molar-refractivity contribution in [1.29, 1.82) is 0 Å². The van der Waals surface area contributed by atoms with Crippen LogP contribution < -0.4 is 5.73 Å².